The van der Waals surface area contributed by atoms with Gasteiger partial charge in [0.1, 0.15) is 45.7 Å². The molecule has 0 bridgehead atoms. The van der Waals surface area contributed by atoms with Gasteiger partial charge in [0.25, 0.3) is 0 Å². The van der Waals surface area contributed by atoms with Gasteiger partial charge >= 0.3 is 0 Å². The van der Waals surface area contributed by atoms with Crippen molar-refractivity contribution in [3.63, 3.8) is 0 Å². The number of anilines is 5. The standard InChI is InChI=1S/C23H22N8OS.C3H8.C2H6/c1-14-25-22-18(28-17-7-3-4-8-19(17)31(2)33(32)16-10-11-16)12-21(30-23(22)26-14)29-20-9-5-6-15(13-24)27-20;1-3-2;1-2/h3-9,12,16H,10-11H2,1-2H3,(H3,25,26,27,28,29,30);3H2,1-2H3;1-2H3. The number of benzene rings is 1. The summed E-state index contributed by atoms with van der Waals surface area (Å²) in [6.45, 7) is 10.1. The van der Waals surface area contributed by atoms with E-state index in [0.717, 1.165) is 41.2 Å². The van der Waals surface area contributed by atoms with Crippen LogP contribution in [0.1, 0.15) is 58.5 Å². The molecule has 0 spiro atoms. The maximum absolute atomic E-state index is 12.8. The largest absolute Gasteiger partial charge is 0.352 e. The number of nitriles is 1. The van der Waals surface area contributed by atoms with Crippen LogP contribution in [-0.2, 0) is 11.0 Å². The third-order valence-corrected chi connectivity index (χ3v) is 7.07. The van der Waals surface area contributed by atoms with Crippen LogP contribution < -0.4 is 14.9 Å². The number of para-hydroxylation sites is 2. The van der Waals surface area contributed by atoms with Crippen LogP contribution in [-0.4, -0.2) is 36.4 Å². The average molecular weight is 533 g/mol. The summed E-state index contributed by atoms with van der Waals surface area (Å²) in [5.74, 6) is 1.79. The minimum absolute atomic E-state index is 0.235. The normalized spacial score (nSPS) is 12.8. The van der Waals surface area contributed by atoms with Crippen molar-refractivity contribution in [3.05, 3.63) is 60.0 Å². The number of aromatic amines is 1. The third kappa shape index (κ3) is 7.07. The van der Waals surface area contributed by atoms with Gasteiger partial charge in [-0.15, -0.1) is 0 Å². The van der Waals surface area contributed by atoms with E-state index in [1.54, 1.807) is 18.2 Å². The third-order valence-electron chi connectivity index (χ3n) is 5.29. The summed E-state index contributed by atoms with van der Waals surface area (Å²) in [7, 11) is 0.791. The summed E-state index contributed by atoms with van der Waals surface area (Å²) in [5, 5.41) is 16.0. The summed E-state index contributed by atoms with van der Waals surface area (Å²) < 4.78 is 14.6. The van der Waals surface area contributed by atoms with Crippen LogP contribution >= 0.6 is 0 Å². The number of nitrogens with zero attached hydrogens (tertiary/aromatic N) is 5. The van der Waals surface area contributed by atoms with E-state index in [2.05, 4.69) is 44.4 Å². The summed E-state index contributed by atoms with van der Waals surface area (Å²) in [6.07, 6.45) is 3.25. The molecular formula is C28H36N8OS. The van der Waals surface area contributed by atoms with Crippen molar-refractivity contribution in [2.24, 2.45) is 0 Å². The number of H-pyrrole nitrogens is 1. The van der Waals surface area contributed by atoms with Gasteiger partial charge < -0.3 is 15.6 Å². The number of aromatic nitrogens is 4. The average Bonchev–Trinajstić information content (AvgIpc) is 3.71. The molecule has 0 radical (unpaired) electrons. The van der Waals surface area contributed by atoms with Crippen molar-refractivity contribution in [3.8, 4) is 6.07 Å². The highest BCUT2D eigenvalue weighted by Gasteiger charge is 2.32. The van der Waals surface area contributed by atoms with Crippen LogP contribution in [0.25, 0.3) is 11.2 Å². The zero-order chi connectivity index (χ0) is 27.7. The maximum Gasteiger partial charge on any atom is 0.181 e. The Morgan fingerprint density at radius 1 is 1.03 bits per heavy atom. The molecule has 5 rings (SSSR count). The number of pyridine rings is 2. The highest BCUT2D eigenvalue weighted by atomic mass is 32.2. The van der Waals surface area contributed by atoms with Gasteiger partial charge in [-0.3, -0.25) is 4.31 Å². The molecule has 1 aliphatic rings. The molecule has 3 N–H and O–H groups in total. The van der Waals surface area contributed by atoms with Crippen molar-refractivity contribution in [1.29, 1.82) is 5.26 Å². The first-order valence-corrected chi connectivity index (χ1v) is 14.1. The van der Waals surface area contributed by atoms with Crippen molar-refractivity contribution in [2.75, 3.05) is 22.0 Å². The zero-order valence-electron chi connectivity index (χ0n) is 22.9. The van der Waals surface area contributed by atoms with Crippen LogP contribution in [0.15, 0.2) is 48.5 Å². The monoisotopic (exact) mass is 532 g/mol. The lowest BCUT2D eigenvalue weighted by Crippen LogP contribution is -2.24. The van der Waals surface area contributed by atoms with Crippen molar-refractivity contribution in [1.82, 2.24) is 19.9 Å². The predicted octanol–water partition coefficient (Wildman–Crippen LogP) is 6.73. The fraction of sp³-hybridized carbons (Fsp3) is 0.357. The van der Waals surface area contributed by atoms with Gasteiger partial charge in [0.2, 0.25) is 0 Å². The van der Waals surface area contributed by atoms with Crippen LogP contribution in [0.2, 0.25) is 0 Å². The Labute approximate surface area is 227 Å². The van der Waals surface area contributed by atoms with Crippen LogP contribution in [0.5, 0.6) is 0 Å². The lowest BCUT2D eigenvalue weighted by atomic mass is 10.2. The molecule has 10 heteroatoms. The highest BCUT2D eigenvalue weighted by molar-refractivity contribution is 7.87. The predicted molar refractivity (Wildman–Crippen MR) is 157 cm³/mol. The minimum atomic E-state index is -1.07. The SMILES string of the molecule is CC.CCC.Cc1nc2nc(Nc3cccc(C#N)n3)cc(Nc3ccccc3N(C)S(=O)C3CC3)c2[nH]1. The van der Waals surface area contributed by atoms with Gasteiger partial charge in [-0.25, -0.2) is 19.2 Å². The van der Waals surface area contributed by atoms with E-state index in [1.165, 1.54) is 6.42 Å². The quantitative estimate of drug-likeness (QED) is 0.241. The van der Waals surface area contributed by atoms with Gasteiger partial charge in [-0.2, -0.15) is 5.26 Å². The molecular weight excluding hydrogens is 496 g/mol. The van der Waals surface area contributed by atoms with Crippen LogP contribution in [0, 0.1) is 18.3 Å². The zero-order valence-corrected chi connectivity index (χ0v) is 23.7. The first kappa shape index (κ1) is 28.6. The molecule has 0 aliphatic heterocycles. The molecule has 1 aromatic carbocycles. The van der Waals surface area contributed by atoms with Crippen molar-refractivity contribution >= 4 is 50.8 Å². The Kier molecular flexibility index (Phi) is 10.2. The molecule has 1 saturated carbocycles. The van der Waals surface area contributed by atoms with Gasteiger partial charge in [-0.1, -0.05) is 52.3 Å². The molecule has 1 unspecified atom stereocenters. The topological polar surface area (TPSA) is 123 Å². The summed E-state index contributed by atoms with van der Waals surface area (Å²) in [4.78, 5) is 16.6. The lowest BCUT2D eigenvalue weighted by Gasteiger charge is -2.22. The Hall–Kier alpha value is -3.97. The van der Waals surface area contributed by atoms with E-state index in [4.69, 9.17) is 5.26 Å². The number of hydrogen-bond acceptors (Lipinski definition) is 7. The molecule has 1 aliphatic carbocycles. The Balaban J connectivity index is 0.000000748. The first-order valence-electron chi connectivity index (χ1n) is 13.0. The summed E-state index contributed by atoms with van der Waals surface area (Å²) in [5.41, 5.74) is 4.06. The van der Waals surface area contributed by atoms with E-state index < -0.39 is 11.0 Å². The Morgan fingerprint density at radius 2 is 1.74 bits per heavy atom. The maximum atomic E-state index is 12.8. The molecule has 4 aromatic rings. The smallest absolute Gasteiger partial charge is 0.181 e. The molecule has 9 nitrogen and oxygen atoms in total. The van der Waals surface area contributed by atoms with Crippen LogP contribution in [0.4, 0.5) is 28.7 Å². The van der Waals surface area contributed by atoms with Gasteiger partial charge in [0, 0.05) is 13.1 Å². The summed E-state index contributed by atoms with van der Waals surface area (Å²) in [6, 6.07) is 16.9. The number of nitrogens with one attached hydrogen (secondary N) is 3. The molecule has 0 amide bonds. The molecule has 3 aromatic heterocycles. The minimum Gasteiger partial charge on any atom is -0.352 e. The lowest BCUT2D eigenvalue weighted by molar-refractivity contribution is 0.681. The Bertz CT molecular complexity index is 1420. The van der Waals surface area contributed by atoms with E-state index >= 15 is 0 Å². The Morgan fingerprint density at radius 3 is 2.42 bits per heavy atom. The van der Waals surface area contributed by atoms with E-state index in [-0.39, 0.29) is 5.25 Å². The van der Waals surface area contributed by atoms with Crippen molar-refractivity contribution in [2.45, 2.75) is 59.1 Å². The number of hydrogen-bond donors (Lipinski definition) is 3. The molecule has 3 heterocycles. The molecule has 1 fully saturated rings. The van der Waals surface area contributed by atoms with Gasteiger partial charge in [-0.05, 0) is 44.0 Å². The molecule has 38 heavy (non-hydrogen) atoms. The van der Waals surface area contributed by atoms with E-state index in [1.807, 2.05) is 68.5 Å². The van der Waals surface area contributed by atoms with Gasteiger partial charge in [0.05, 0.1) is 22.3 Å². The molecule has 200 valence electrons. The van der Waals surface area contributed by atoms with Crippen LogP contribution in [0.3, 0.4) is 0 Å². The van der Waals surface area contributed by atoms with Gasteiger partial charge in [0.15, 0.2) is 5.65 Å². The van der Waals surface area contributed by atoms with E-state index in [0.29, 0.717) is 23.0 Å². The van der Waals surface area contributed by atoms with Crippen molar-refractivity contribution < 1.29 is 4.21 Å². The number of aryl methyl sites for hydroxylation is 1. The second kappa shape index (κ2) is 13.5. The van der Waals surface area contributed by atoms with E-state index in [9.17, 15) is 4.21 Å². The molecule has 0 saturated heterocycles. The second-order valence-corrected chi connectivity index (χ2v) is 10.3. The second-order valence-electron chi connectivity index (χ2n) is 8.54. The fourth-order valence-electron chi connectivity index (χ4n) is 3.55. The first-order chi connectivity index (χ1) is 18.4. The number of imidazole rings is 1. The highest BCUT2D eigenvalue weighted by Crippen LogP contribution is 2.36. The fourth-order valence-corrected chi connectivity index (χ4v) is 4.89. The number of rotatable bonds is 7. The molecule has 1 atom stereocenters. The number of fused-ring (bicyclic) bond motifs is 1. The summed E-state index contributed by atoms with van der Waals surface area (Å²) >= 11 is 0.